The number of halogens is 2. The van der Waals surface area contributed by atoms with Crippen LogP contribution in [0.2, 0.25) is 0 Å². The molecular formula is C12H11F2NO4. The molecule has 0 aromatic heterocycles. The van der Waals surface area contributed by atoms with Gasteiger partial charge in [-0.1, -0.05) is 12.8 Å². The number of carboxylic acids is 1. The fourth-order valence-electron chi connectivity index (χ4n) is 2.59. The Morgan fingerprint density at radius 1 is 1.32 bits per heavy atom. The number of benzene rings is 1. The molecular weight excluding hydrogens is 260 g/mol. The van der Waals surface area contributed by atoms with E-state index in [-0.39, 0.29) is 18.4 Å². The number of nitro benzene ring substituents is 1. The first-order chi connectivity index (χ1) is 8.88. The third-order valence-electron chi connectivity index (χ3n) is 3.62. The van der Waals surface area contributed by atoms with Crippen LogP contribution in [-0.4, -0.2) is 16.0 Å². The number of nitrogens with zero attached hydrogens (tertiary/aromatic N) is 1. The normalized spacial score (nSPS) is 17.4. The van der Waals surface area contributed by atoms with Gasteiger partial charge in [0.2, 0.25) is 5.82 Å². The number of carbonyl (C=O) groups is 1. The van der Waals surface area contributed by atoms with Crippen molar-refractivity contribution in [2.45, 2.75) is 31.1 Å². The van der Waals surface area contributed by atoms with Gasteiger partial charge in [-0.05, 0) is 24.5 Å². The zero-order valence-electron chi connectivity index (χ0n) is 9.86. The van der Waals surface area contributed by atoms with Gasteiger partial charge in [-0.15, -0.1) is 0 Å². The number of hydrogen-bond donors (Lipinski definition) is 1. The van der Waals surface area contributed by atoms with Crippen LogP contribution in [0.4, 0.5) is 14.5 Å². The highest BCUT2D eigenvalue weighted by molar-refractivity contribution is 5.82. The van der Waals surface area contributed by atoms with Crippen molar-refractivity contribution in [2.24, 2.45) is 0 Å². The van der Waals surface area contributed by atoms with Crippen molar-refractivity contribution in [1.29, 1.82) is 0 Å². The smallest absolute Gasteiger partial charge is 0.314 e. The van der Waals surface area contributed by atoms with Crippen LogP contribution in [0.5, 0.6) is 0 Å². The van der Waals surface area contributed by atoms with Gasteiger partial charge in [0.25, 0.3) is 0 Å². The monoisotopic (exact) mass is 271 g/mol. The summed E-state index contributed by atoms with van der Waals surface area (Å²) in [6.45, 7) is 0. The first-order valence-electron chi connectivity index (χ1n) is 5.76. The molecule has 2 rings (SSSR count). The van der Waals surface area contributed by atoms with E-state index in [1.807, 2.05) is 0 Å². The van der Waals surface area contributed by atoms with E-state index in [1.165, 1.54) is 0 Å². The highest BCUT2D eigenvalue weighted by Gasteiger charge is 2.44. The first-order valence-corrected chi connectivity index (χ1v) is 5.76. The van der Waals surface area contributed by atoms with Crippen molar-refractivity contribution >= 4 is 11.7 Å². The van der Waals surface area contributed by atoms with Crippen molar-refractivity contribution in [2.75, 3.05) is 0 Å². The number of aliphatic carboxylic acids is 1. The molecule has 0 bridgehead atoms. The summed E-state index contributed by atoms with van der Waals surface area (Å²) in [5.74, 6) is -4.12. The van der Waals surface area contributed by atoms with Crippen LogP contribution in [0.1, 0.15) is 31.2 Å². The van der Waals surface area contributed by atoms with E-state index >= 15 is 0 Å². The second-order valence-corrected chi connectivity index (χ2v) is 4.64. The Balaban J connectivity index is 2.62. The van der Waals surface area contributed by atoms with E-state index in [0.29, 0.717) is 12.8 Å². The molecule has 1 aliphatic rings. The Hall–Kier alpha value is -2.05. The quantitative estimate of drug-likeness (QED) is 0.677. The molecule has 0 atom stereocenters. The van der Waals surface area contributed by atoms with E-state index in [2.05, 4.69) is 0 Å². The number of hydrogen-bond acceptors (Lipinski definition) is 3. The standard InChI is InChI=1S/C12H11F2NO4/c13-8-5-7(6-9(10(8)14)15(18)19)12(11(16)17)3-1-2-4-12/h5-6H,1-4H2,(H,16,17). The summed E-state index contributed by atoms with van der Waals surface area (Å²) in [4.78, 5) is 21.0. The topological polar surface area (TPSA) is 80.4 Å². The highest BCUT2D eigenvalue weighted by Crippen LogP contribution is 2.43. The number of rotatable bonds is 3. The van der Waals surface area contributed by atoms with E-state index in [4.69, 9.17) is 0 Å². The fourth-order valence-corrected chi connectivity index (χ4v) is 2.59. The van der Waals surface area contributed by atoms with Crippen molar-refractivity contribution in [1.82, 2.24) is 0 Å². The summed E-state index contributed by atoms with van der Waals surface area (Å²) in [6.07, 6.45) is 1.81. The third-order valence-corrected chi connectivity index (χ3v) is 3.62. The van der Waals surface area contributed by atoms with Gasteiger partial charge in [0.05, 0.1) is 10.3 Å². The van der Waals surface area contributed by atoms with Crippen LogP contribution in [0.25, 0.3) is 0 Å². The van der Waals surface area contributed by atoms with Crippen molar-refractivity contribution in [3.05, 3.63) is 39.4 Å². The van der Waals surface area contributed by atoms with E-state index in [9.17, 15) is 28.8 Å². The minimum Gasteiger partial charge on any atom is -0.481 e. The van der Waals surface area contributed by atoms with Crippen LogP contribution in [0, 0.1) is 21.7 Å². The molecule has 0 spiro atoms. The molecule has 0 radical (unpaired) electrons. The van der Waals surface area contributed by atoms with Crippen LogP contribution < -0.4 is 0 Å². The zero-order valence-corrected chi connectivity index (χ0v) is 9.86. The highest BCUT2D eigenvalue weighted by atomic mass is 19.2. The molecule has 1 N–H and O–H groups in total. The van der Waals surface area contributed by atoms with Crippen molar-refractivity contribution in [3.63, 3.8) is 0 Å². The average molecular weight is 271 g/mol. The Morgan fingerprint density at radius 3 is 2.37 bits per heavy atom. The minimum atomic E-state index is -1.56. The summed E-state index contributed by atoms with van der Waals surface area (Å²) in [5, 5.41) is 20.0. The van der Waals surface area contributed by atoms with Gasteiger partial charge in [-0.2, -0.15) is 4.39 Å². The lowest BCUT2D eigenvalue weighted by Crippen LogP contribution is -2.32. The van der Waals surface area contributed by atoms with Gasteiger partial charge in [0.1, 0.15) is 0 Å². The van der Waals surface area contributed by atoms with Crippen molar-refractivity contribution < 1.29 is 23.6 Å². The molecule has 7 heteroatoms. The lowest BCUT2D eigenvalue weighted by Gasteiger charge is -2.24. The lowest BCUT2D eigenvalue weighted by molar-refractivity contribution is -0.387. The molecule has 19 heavy (non-hydrogen) atoms. The van der Waals surface area contributed by atoms with E-state index < -0.39 is 33.6 Å². The molecule has 1 aromatic carbocycles. The number of nitro groups is 1. The van der Waals surface area contributed by atoms with Crippen LogP contribution >= 0.6 is 0 Å². The van der Waals surface area contributed by atoms with Gasteiger partial charge < -0.3 is 5.11 Å². The lowest BCUT2D eigenvalue weighted by atomic mass is 9.78. The van der Waals surface area contributed by atoms with Crippen LogP contribution in [-0.2, 0) is 10.2 Å². The molecule has 0 amide bonds. The zero-order chi connectivity index (χ0) is 14.2. The van der Waals surface area contributed by atoms with E-state index in [0.717, 1.165) is 12.1 Å². The second-order valence-electron chi connectivity index (χ2n) is 4.64. The Bertz CT molecular complexity index is 553. The summed E-state index contributed by atoms with van der Waals surface area (Å²) in [5.41, 5.74) is -2.41. The SMILES string of the molecule is O=C(O)C1(c2cc(F)c(F)c([N+](=O)[O-])c2)CCCC1. The molecule has 5 nitrogen and oxygen atoms in total. The summed E-state index contributed by atoms with van der Waals surface area (Å²) in [7, 11) is 0. The van der Waals surface area contributed by atoms with Crippen molar-refractivity contribution in [3.8, 4) is 0 Å². The molecule has 0 aliphatic heterocycles. The number of carboxylic acid groups (broad SMARTS) is 1. The molecule has 1 fully saturated rings. The molecule has 0 saturated heterocycles. The molecule has 1 saturated carbocycles. The van der Waals surface area contributed by atoms with Crippen LogP contribution in [0.15, 0.2) is 12.1 Å². The fraction of sp³-hybridized carbons (Fsp3) is 0.417. The summed E-state index contributed by atoms with van der Waals surface area (Å²) < 4.78 is 26.7. The third kappa shape index (κ3) is 2.05. The second kappa shape index (κ2) is 4.56. The van der Waals surface area contributed by atoms with Gasteiger partial charge in [0, 0.05) is 6.07 Å². The predicted octanol–water partition coefficient (Wildman–Crippen LogP) is 2.77. The molecule has 102 valence electrons. The van der Waals surface area contributed by atoms with Gasteiger partial charge in [0.15, 0.2) is 5.82 Å². The maximum Gasteiger partial charge on any atom is 0.314 e. The van der Waals surface area contributed by atoms with Gasteiger partial charge >= 0.3 is 11.7 Å². The van der Waals surface area contributed by atoms with Gasteiger partial charge in [-0.3, -0.25) is 14.9 Å². The van der Waals surface area contributed by atoms with Gasteiger partial charge in [-0.25, -0.2) is 4.39 Å². The van der Waals surface area contributed by atoms with E-state index in [1.54, 1.807) is 0 Å². The Kier molecular flexibility index (Phi) is 3.21. The maximum atomic E-state index is 13.4. The molecule has 0 heterocycles. The molecule has 1 aromatic rings. The summed E-state index contributed by atoms with van der Waals surface area (Å²) >= 11 is 0. The average Bonchev–Trinajstić information content (AvgIpc) is 2.82. The maximum absolute atomic E-state index is 13.4. The Morgan fingerprint density at radius 2 is 1.89 bits per heavy atom. The predicted molar refractivity (Wildman–Crippen MR) is 60.8 cm³/mol. The molecule has 1 aliphatic carbocycles. The first kappa shape index (κ1) is 13.4. The molecule has 0 unspecified atom stereocenters. The largest absolute Gasteiger partial charge is 0.481 e. The van der Waals surface area contributed by atoms with Crippen LogP contribution in [0.3, 0.4) is 0 Å². The minimum absolute atomic E-state index is 0.0388. The Labute approximate surface area is 107 Å². The summed E-state index contributed by atoms with van der Waals surface area (Å²) in [6, 6.07) is 1.58.